The largest absolute Gasteiger partial charge is 0.478 e. The number of fused-ring (bicyclic) bond motifs is 1. The number of nitrogens with one attached hydrogen (secondary N) is 2. The molecule has 0 fully saturated rings. The number of benzene rings is 2. The van der Waals surface area contributed by atoms with Crippen molar-refractivity contribution in [1.82, 2.24) is 9.82 Å². The van der Waals surface area contributed by atoms with Crippen LogP contribution in [0.1, 0.15) is 15.9 Å². The molecule has 1 aromatic heterocycles. The van der Waals surface area contributed by atoms with Gasteiger partial charge in [0.25, 0.3) is 10.0 Å². The quantitative estimate of drug-likeness (QED) is 0.487. The molecule has 122 valence electrons. The standard InChI is InChI=1S/C16H13N3O4S/c20-16(21)11-5-7-13(8-6-11)24(22,23)19-18-10-12-9-17-15-4-2-1-3-14(12)15/h1-10,17,19H,(H,20,21)/b18-10-. The van der Waals surface area contributed by atoms with Gasteiger partial charge in [-0.25, -0.2) is 9.63 Å². The zero-order valence-electron chi connectivity index (χ0n) is 12.3. The summed E-state index contributed by atoms with van der Waals surface area (Å²) < 4.78 is 24.3. The third-order valence-corrected chi connectivity index (χ3v) is 4.65. The van der Waals surface area contributed by atoms with E-state index < -0.39 is 16.0 Å². The first-order valence-corrected chi connectivity index (χ1v) is 8.40. The van der Waals surface area contributed by atoms with Crippen LogP contribution in [0.2, 0.25) is 0 Å². The lowest BCUT2D eigenvalue weighted by atomic mass is 10.2. The summed E-state index contributed by atoms with van der Waals surface area (Å²) in [6.45, 7) is 0. The molecule has 3 rings (SSSR count). The Morgan fingerprint density at radius 3 is 2.54 bits per heavy atom. The van der Waals surface area contributed by atoms with Crippen molar-refractivity contribution < 1.29 is 18.3 Å². The maximum atomic E-state index is 12.1. The zero-order chi connectivity index (χ0) is 17.2. The van der Waals surface area contributed by atoms with Gasteiger partial charge in [-0.1, -0.05) is 18.2 Å². The summed E-state index contributed by atoms with van der Waals surface area (Å²) in [7, 11) is -3.86. The van der Waals surface area contributed by atoms with Crippen LogP contribution in [0.4, 0.5) is 0 Å². The predicted octanol–water partition coefficient (Wildman–Crippen LogP) is 2.18. The van der Waals surface area contributed by atoms with Crippen molar-refractivity contribution in [2.75, 3.05) is 0 Å². The van der Waals surface area contributed by atoms with E-state index in [1.165, 1.54) is 30.5 Å². The van der Waals surface area contributed by atoms with Crippen molar-refractivity contribution in [3.63, 3.8) is 0 Å². The number of carboxylic acids is 1. The van der Waals surface area contributed by atoms with Crippen LogP contribution in [0.25, 0.3) is 10.9 Å². The molecule has 24 heavy (non-hydrogen) atoms. The number of hydrogen-bond donors (Lipinski definition) is 3. The fourth-order valence-electron chi connectivity index (χ4n) is 2.20. The number of aromatic nitrogens is 1. The normalized spacial score (nSPS) is 11.8. The van der Waals surface area contributed by atoms with Crippen molar-refractivity contribution >= 4 is 33.1 Å². The smallest absolute Gasteiger partial charge is 0.335 e. The lowest BCUT2D eigenvalue weighted by molar-refractivity contribution is 0.0696. The van der Waals surface area contributed by atoms with Crippen LogP contribution in [-0.4, -0.2) is 30.7 Å². The lowest BCUT2D eigenvalue weighted by Crippen LogP contribution is -2.18. The third kappa shape index (κ3) is 3.13. The highest BCUT2D eigenvalue weighted by molar-refractivity contribution is 7.89. The van der Waals surface area contributed by atoms with Crippen LogP contribution in [-0.2, 0) is 10.0 Å². The van der Waals surface area contributed by atoms with Crippen LogP contribution in [0.5, 0.6) is 0 Å². The van der Waals surface area contributed by atoms with E-state index in [0.717, 1.165) is 16.5 Å². The van der Waals surface area contributed by atoms with Crippen LogP contribution >= 0.6 is 0 Å². The molecule has 0 unspecified atom stereocenters. The Bertz CT molecular complexity index is 1020. The first kappa shape index (κ1) is 15.8. The molecule has 0 bridgehead atoms. The van der Waals surface area contributed by atoms with Gasteiger partial charge in [0, 0.05) is 22.7 Å². The zero-order valence-corrected chi connectivity index (χ0v) is 13.1. The number of sulfonamides is 1. The van der Waals surface area contributed by atoms with Gasteiger partial charge in [0.2, 0.25) is 0 Å². The molecule has 0 spiro atoms. The van der Waals surface area contributed by atoms with Gasteiger partial charge in [-0.05, 0) is 30.3 Å². The van der Waals surface area contributed by atoms with Crippen LogP contribution in [0.15, 0.2) is 64.7 Å². The Labute approximate surface area is 137 Å². The summed E-state index contributed by atoms with van der Waals surface area (Å²) in [6, 6.07) is 12.4. The predicted molar refractivity (Wildman–Crippen MR) is 89.6 cm³/mol. The number of para-hydroxylation sites is 1. The molecule has 1 heterocycles. The maximum absolute atomic E-state index is 12.1. The fourth-order valence-corrected chi connectivity index (χ4v) is 2.99. The van der Waals surface area contributed by atoms with E-state index in [-0.39, 0.29) is 10.5 Å². The van der Waals surface area contributed by atoms with Gasteiger partial charge in [-0.3, -0.25) is 0 Å². The minimum absolute atomic E-state index is 0.0104. The first-order valence-electron chi connectivity index (χ1n) is 6.92. The molecule has 2 aromatic carbocycles. The minimum atomic E-state index is -3.86. The molecule has 3 aromatic rings. The Kier molecular flexibility index (Phi) is 4.05. The molecule has 0 amide bonds. The number of aromatic amines is 1. The number of aromatic carboxylic acids is 1. The average Bonchev–Trinajstić information content (AvgIpc) is 2.98. The molecule has 3 N–H and O–H groups in total. The first-order chi connectivity index (χ1) is 11.5. The highest BCUT2D eigenvalue weighted by Gasteiger charge is 2.13. The van der Waals surface area contributed by atoms with Crippen molar-refractivity contribution in [2.45, 2.75) is 4.90 Å². The molecule has 0 aliphatic heterocycles. The number of hydrazone groups is 1. The number of nitrogens with zero attached hydrogens (tertiary/aromatic N) is 1. The van der Waals surface area contributed by atoms with Gasteiger partial charge in [0.1, 0.15) is 0 Å². The number of hydrogen-bond acceptors (Lipinski definition) is 4. The molecule has 8 heteroatoms. The second kappa shape index (κ2) is 6.17. The van der Waals surface area contributed by atoms with Crippen molar-refractivity contribution in [2.24, 2.45) is 5.10 Å². The van der Waals surface area contributed by atoms with Crippen LogP contribution < -0.4 is 4.83 Å². The molecule has 0 radical (unpaired) electrons. The molecule has 7 nitrogen and oxygen atoms in total. The van der Waals surface area contributed by atoms with Crippen molar-refractivity contribution in [3.8, 4) is 0 Å². The number of carbonyl (C=O) groups is 1. The summed E-state index contributed by atoms with van der Waals surface area (Å²) in [5, 5.41) is 13.5. The Morgan fingerprint density at radius 1 is 1.12 bits per heavy atom. The second-order valence-electron chi connectivity index (χ2n) is 4.97. The molecular weight excluding hydrogens is 330 g/mol. The lowest BCUT2D eigenvalue weighted by Gasteiger charge is -2.03. The van der Waals surface area contributed by atoms with Crippen molar-refractivity contribution in [3.05, 3.63) is 65.9 Å². The monoisotopic (exact) mass is 343 g/mol. The summed E-state index contributed by atoms with van der Waals surface area (Å²) in [4.78, 5) is 15.9. The molecule has 0 saturated carbocycles. The van der Waals surface area contributed by atoms with E-state index >= 15 is 0 Å². The summed E-state index contributed by atoms with van der Waals surface area (Å²) >= 11 is 0. The van der Waals surface area contributed by atoms with E-state index in [1.807, 2.05) is 24.3 Å². The van der Waals surface area contributed by atoms with Gasteiger partial charge in [0.05, 0.1) is 16.7 Å². The summed E-state index contributed by atoms with van der Waals surface area (Å²) in [5.41, 5.74) is 1.68. The Balaban J connectivity index is 1.78. The van der Waals surface area contributed by atoms with Gasteiger partial charge in [0.15, 0.2) is 0 Å². The summed E-state index contributed by atoms with van der Waals surface area (Å²) in [5.74, 6) is -1.12. The highest BCUT2D eigenvalue weighted by Crippen LogP contribution is 2.16. The van der Waals surface area contributed by atoms with Gasteiger partial charge in [-0.15, -0.1) is 0 Å². The van der Waals surface area contributed by atoms with Crippen molar-refractivity contribution in [1.29, 1.82) is 0 Å². The van der Waals surface area contributed by atoms with Crippen LogP contribution in [0.3, 0.4) is 0 Å². The maximum Gasteiger partial charge on any atom is 0.335 e. The van der Waals surface area contributed by atoms with E-state index in [4.69, 9.17) is 5.11 Å². The molecule has 0 aliphatic carbocycles. The van der Waals surface area contributed by atoms with Gasteiger partial charge >= 0.3 is 5.97 Å². The number of H-pyrrole nitrogens is 1. The topological polar surface area (TPSA) is 112 Å². The van der Waals surface area contributed by atoms with E-state index in [9.17, 15) is 13.2 Å². The summed E-state index contributed by atoms with van der Waals surface area (Å²) in [6.07, 6.45) is 3.13. The van der Waals surface area contributed by atoms with E-state index in [2.05, 4.69) is 14.9 Å². The number of carboxylic acid groups (broad SMARTS) is 1. The van der Waals surface area contributed by atoms with E-state index in [0.29, 0.717) is 0 Å². The van der Waals surface area contributed by atoms with E-state index in [1.54, 1.807) is 6.20 Å². The fraction of sp³-hybridized carbons (Fsp3) is 0. The molecule has 0 saturated heterocycles. The van der Waals surface area contributed by atoms with Gasteiger partial charge in [-0.2, -0.15) is 13.5 Å². The Morgan fingerprint density at radius 2 is 1.83 bits per heavy atom. The number of rotatable bonds is 5. The molecule has 0 aliphatic rings. The van der Waals surface area contributed by atoms with Crippen LogP contribution in [0, 0.1) is 0 Å². The third-order valence-electron chi connectivity index (χ3n) is 3.41. The average molecular weight is 343 g/mol. The highest BCUT2D eigenvalue weighted by atomic mass is 32.2. The Hall–Kier alpha value is -3.13. The SMILES string of the molecule is O=C(O)c1ccc(S(=O)(=O)N/N=C\c2c[nH]c3ccccc23)cc1. The second-order valence-corrected chi connectivity index (χ2v) is 6.63. The molecule has 0 atom stereocenters. The van der Waals surface area contributed by atoms with Gasteiger partial charge < -0.3 is 10.1 Å². The minimum Gasteiger partial charge on any atom is -0.478 e. The molecular formula is C16H13N3O4S.